The summed E-state index contributed by atoms with van der Waals surface area (Å²) < 4.78 is 7.11. The minimum absolute atomic E-state index is 0.0835. The van der Waals surface area contributed by atoms with E-state index in [1.807, 2.05) is 20.8 Å². The van der Waals surface area contributed by atoms with Crippen LogP contribution in [0.2, 0.25) is 0 Å². The fourth-order valence-electron chi connectivity index (χ4n) is 2.39. The molecule has 0 radical (unpaired) electrons. The molecule has 3 atom stereocenters. The normalized spacial score (nSPS) is 19.0. The molecule has 1 aliphatic heterocycles. The van der Waals surface area contributed by atoms with E-state index < -0.39 is 6.23 Å². The molecule has 0 fully saturated rings. The van der Waals surface area contributed by atoms with Crippen LogP contribution in [-0.2, 0) is 16.1 Å². The molecule has 2 rings (SSSR count). The van der Waals surface area contributed by atoms with Crippen LogP contribution in [0, 0.1) is 17.8 Å². The predicted octanol–water partition coefficient (Wildman–Crippen LogP) is 0.448. The molecule has 0 aliphatic carbocycles. The van der Waals surface area contributed by atoms with Crippen molar-refractivity contribution in [3.63, 3.8) is 0 Å². The predicted molar refractivity (Wildman–Crippen MR) is 92.6 cm³/mol. The van der Waals surface area contributed by atoms with Crippen molar-refractivity contribution in [2.24, 2.45) is 28.5 Å². The number of imidazole rings is 1. The summed E-state index contributed by atoms with van der Waals surface area (Å²) in [6.07, 6.45) is 1.08. The number of ether oxygens (including phenoxy) is 1. The van der Waals surface area contributed by atoms with Gasteiger partial charge < -0.3 is 30.6 Å². The summed E-state index contributed by atoms with van der Waals surface area (Å²) in [7, 11) is 0. The van der Waals surface area contributed by atoms with Gasteiger partial charge in [0.15, 0.2) is 12.2 Å². The van der Waals surface area contributed by atoms with Gasteiger partial charge in [-0.15, -0.1) is 0 Å². The molecule has 0 aromatic carbocycles. The molecule has 9 heteroatoms. The van der Waals surface area contributed by atoms with Gasteiger partial charge in [0, 0.05) is 19.1 Å². The zero-order valence-electron chi connectivity index (χ0n) is 14.8. The Morgan fingerprint density at radius 2 is 2.20 bits per heavy atom. The van der Waals surface area contributed by atoms with Gasteiger partial charge in [0.05, 0.1) is 18.9 Å². The lowest BCUT2D eigenvalue weighted by molar-refractivity contribution is -0.151. The maximum atomic E-state index is 11.9. The summed E-state index contributed by atoms with van der Waals surface area (Å²) in [5.74, 6) is 0.317. The number of nitrogens with two attached hydrogens (primary N) is 1. The summed E-state index contributed by atoms with van der Waals surface area (Å²) in [4.78, 5) is 19.8. The van der Waals surface area contributed by atoms with Gasteiger partial charge in [-0.25, -0.2) is 9.98 Å². The zero-order valence-corrected chi connectivity index (χ0v) is 14.8. The minimum atomic E-state index is -1.08. The Balaban J connectivity index is 1.89. The average Bonchev–Trinajstić information content (AvgIpc) is 2.97. The number of guanidine groups is 1. The largest absolute Gasteiger partial charge is 0.465 e. The highest BCUT2D eigenvalue weighted by atomic mass is 16.5. The third-order valence-electron chi connectivity index (χ3n) is 4.49. The lowest BCUT2D eigenvalue weighted by atomic mass is 9.98. The molecule has 1 aromatic rings. The molecule has 0 saturated heterocycles. The van der Waals surface area contributed by atoms with Crippen LogP contribution in [-0.4, -0.2) is 44.9 Å². The van der Waals surface area contributed by atoms with E-state index >= 15 is 0 Å². The quantitative estimate of drug-likeness (QED) is 0.498. The van der Waals surface area contributed by atoms with E-state index in [1.54, 1.807) is 10.9 Å². The summed E-state index contributed by atoms with van der Waals surface area (Å²) in [5.41, 5.74) is 6.03. The number of aryl methyl sites for hydroxylation is 1. The lowest BCUT2D eigenvalue weighted by Crippen LogP contribution is -2.29. The number of rotatable bonds is 8. The Morgan fingerprint density at radius 1 is 1.48 bits per heavy atom. The summed E-state index contributed by atoms with van der Waals surface area (Å²) in [5, 5.41) is 22.2. The number of aliphatic hydroxyl groups is 2. The van der Waals surface area contributed by atoms with Crippen molar-refractivity contribution >= 4 is 17.7 Å². The Hall–Kier alpha value is -2.13. The fourth-order valence-corrected chi connectivity index (χ4v) is 2.39. The van der Waals surface area contributed by atoms with Crippen molar-refractivity contribution in [2.45, 2.75) is 40.0 Å². The van der Waals surface area contributed by atoms with Crippen LogP contribution < -0.4 is 11.1 Å². The van der Waals surface area contributed by atoms with Crippen LogP contribution >= 0.6 is 0 Å². The van der Waals surface area contributed by atoms with Gasteiger partial charge >= 0.3 is 5.97 Å². The highest BCUT2D eigenvalue weighted by Gasteiger charge is 2.24. The monoisotopic (exact) mass is 353 g/mol. The third-order valence-corrected chi connectivity index (χ3v) is 4.49. The Bertz CT molecular complexity index is 628. The van der Waals surface area contributed by atoms with Gasteiger partial charge in [-0.3, -0.25) is 4.79 Å². The van der Waals surface area contributed by atoms with Gasteiger partial charge in [-0.2, -0.15) is 0 Å². The first-order chi connectivity index (χ1) is 11.8. The first-order valence-corrected chi connectivity index (χ1v) is 8.44. The van der Waals surface area contributed by atoms with Gasteiger partial charge in [0.2, 0.25) is 0 Å². The lowest BCUT2D eigenvalue weighted by Gasteiger charge is -2.20. The molecule has 0 saturated carbocycles. The molecule has 5 N–H and O–H groups in total. The SMILES string of the molecule is CC(C)C(C)C(=O)OCC(CO)CCn1cnc2c1NC(N)=NC2O. The maximum absolute atomic E-state index is 11.9. The molecule has 140 valence electrons. The van der Waals surface area contributed by atoms with Crippen molar-refractivity contribution < 1.29 is 19.7 Å². The van der Waals surface area contributed by atoms with Crippen molar-refractivity contribution in [3.05, 3.63) is 12.0 Å². The van der Waals surface area contributed by atoms with Crippen LogP contribution in [0.15, 0.2) is 11.3 Å². The molecule has 3 unspecified atom stereocenters. The Labute approximate surface area is 146 Å². The molecular weight excluding hydrogens is 326 g/mol. The number of fused-ring (bicyclic) bond motifs is 1. The van der Waals surface area contributed by atoms with E-state index in [4.69, 9.17) is 10.5 Å². The minimum Gasteiger partial charge on any atom is -0.465 e. The smallest absolute Gasteiger partial charge is 0.308 e. The zero-order chi connectivity index (χ0) is 18.6. The second-order valence-corrected chi connectivity index (χ2v) is 6.68. The van der Waals surface area contributed by atoms with Crippen LogP contribution in [0.25, 0.3) is 0 Å². The highest BCUT2D eigenvalue weighted by molar-refractivity contribution is 5.93. The molecule has 0 spiro atoms. The topological polar surface area (TPSA) is 135 Å². The first kappa shape index (κ1) is 19.2. The van der Waals surface area contributed by atoms with E-state index in [0.29, 0.717) is 24.5 Å². The fraction of sp³-hybridized carbons (Fsp3) is 0.688. The Kier molecular flexibility index (Phi) is 6.38. The van der Waals surface area contributed by atoms with Gasteiger partial charge in [-0.1, -0.05) is 20.8 Å². The molecule has 2 heterocycles. The number of carbonyl (C=O) groups is 1. The third kappa shape index (κ3) is 4.70. The second-order valence-electron chi connectivity index (χ2n) is 6.68. The number of aliphatic imine (C=N–C) groups is 1. The van der Waals surface area contributed by atoms with Crippen molar-refractivity contribution in [1.29, 1.82) is 0 Å². The van der Waals surface area contributed by atoms with E-state index in [1.165, 1.54) is 0 Å². The number of nitrogens with one attached hydrogen (secondary N) is 1. The molecule has 0 bridgehead atoms. The van der Waals surface area contributed by atoms with Gasteiger partial charge in [0.25, 0.3) is 0 Å². The van der Waals surface area contributed by atoms with Crippen molar-refractivity contribution in [2.75, 3.05) is 18.5 Å². The number of esters is 1. The maximum Gasteiger partial charge on any atom is 0.308 e. The van der Waals surface area contributed by atoms with Crippen molar-refractivity contribution in [3.8, 4) is 0 Å². The second kappa shape index (κ2) is 8.30. The van der Waals surface area contributed by atoms with Crippen LogP contribution in [0.4, 0.5) is 5.82 Å². The van der Waals surface area contributed by atoms with Gasteiger partial charge in [-0.05, 0) is 12.3 Å². The summed E-state index contributed by atoms with van der Waals surface area (Å²) in [6, 6.07) is 0. The first-order valence-electron chi connectivity index (χ1n) is 8.44. The number of anilines is 1. The van der Waals surface area contributed by atoms with E-state index in [-0.39, 0.29) is 42.9 Å². The molecular formula is C16H27N5O4. The number of aliphatic hydroxyl groups excluding tert-OH is 2. The molecule has 25 heavy (non-hydrogen) atoms. The number of hydrogen-bond donors (Lipinski definition) is 4. The molecule has 0 amide bonds. The number of nitrogens with zero attached hydrogens (tertiary/aromatic N) is 3. The van der Waals surface area contributed by atoms with E-state index in [9.17, 15) is 15.0 Å². The van der Waals surface area contributed by atoms with Gasteiger partial charge in [0.1, 0.15) is 11.5 Å². The number of carbonyl (C=O) groups excluding carboxylic acids is 1. The van der Waals surface area contributed by atoms with Crippen LogP contribution in [0.5, 0.6) is 0 Å². The highest BCUT2D eigenvalue weighted by Crippen LogP contribution is 2.26. The average molecular weight is 353 g/mol. The molecule has 1 aromatic heterocycles. The molecule has 9 nitrogen and oxygen atoms in total. The van der Waals surface area contributed by atoms with Crippen LogP contribution in [0.1, 0.15) is 39.1 Å². The van der Waals surface area contributed by atoms with E-state index in [2.05, 4.69) is 15.3 Å². The number of hydrogen-bond acceptors (Lipinski definition) is 8. The standard InChI is InChI=1S/C16H27N5O4/c1-9(2)10(3)15(24)25-7-11(6-22)4-5-21-8-18-12-13(21)19-16(17)20-14(12)23/h8-11,14,22-23H,4-7H2,1-3H3,(H3,17,19,20). The van der Waals surface area contributed by atoms with Crippen LogP contribution in [0.3, 0.4) is 0 Å². The molecule has 1 aliphatic rings. The van der Waals surface area contributed by atoms with Crippen molar-refractivity contribution in [1.82, 2.24) is 9.55 Å². The van der Waals surface area contributed by atoms with E-state index in [0.717, 1.165) is 0 Å². The Morgan fingerprint density at radius 3 is 2.84 bits per heavy atom. The number of aromatic nitrogens is 2. The summed E-state index contributed by atoms with van der Waals surface area (Å²) in [6.45, 7) is 6.38. The summed E-state index contributed by atoms with van der Waals surface area (Å²) >= 11 is 0.